The maximum atomic E-state index is 12.8. The number of nitrogens with zero attached hydrogens (tertiary/aromatic N) is 3. The number of H-pyrrole nitrogens is 1. The number of aromatic nitrogens is 3. The van der Waals surface area contributed by atoms with Gasteiger partial charge in [-0.25, -0.2) is 4.98 Å². The Hall–Kier alpha value is -3.68. The summed E-state index contributed by atoms with van der Waals surface area (Å²) < 4.78 is 10.6. The van der Waals surface area contributed by atoms with Crippen LogP contribution >= 0.6 is 0 Å². The highest BCUT2D eigenvalue weighted by Crippen LogP contribution is 2.29. The van der Waals surface area contributed by atoms with Crippen LogP contribution in [0.2, 0.25) is 0 Å². The SMILES string of the molecule is COc1ccc(CC(=O)N2CCC(c3nc(-c4ccccn4)cc(=O)[nH]3)CC2)cc1OC. The zero-order valence-electron chi connectivity index (χ0n) is 18.2. The Morgan fingerprint density at radius 3 is 2.53 bits per heavy atom. The molecule has 1 N–H and O–H groups in total. The van der Waals surface area contributed by atoms with Gasteiger partial charge < -0.3 is 19.4 Å². The second-order valence-electron chi connectivity index (χ2n) is 7.75. The number of hydrogen-bond donors (Lipinski definition) is 1. The Morgan fingerprint density at radius 2 is 1.84 bits per heavy atom. The molecule has 166 valence electrons. The number of likely N-dealkylation sites (tertiary alicyclic amines) is 1. The second-order valence-corrected chi connectivity index (χ2v) is 7.75. The minimum Gasteiger partial charge on any atom is -0.493 e. The average molecular weight is 434 g/mol. The normalized spacial score (nSPS) is 14.2. The average Bonchev–Trinajstić information content (AvgIpc) is 2.84. The first-order chi connectivity index (χ1) is 15.6. The van der Waals surface area contributed by atoms with E-state index in [-0.39, 0.29) is 17.4 Å². The van der Waals surface area contributed by atoms with Gasteiger partial charge in [-0.2, -0.15) is 0 Å². The summed E-state index contributed by atoms with van der Waals surface area (Å²) in [5.41, 5.74) is 1.92. The van der Waals surface area contributed by atoms with E-state index < -0.39 is 0 Å². The molecule has 1 amide bonds. The summed E-state index contributed by atoms with van der Waals surface area (Å²) in [6.07, 6.45) is 3.47. The van der Waals surface area contributed by atoms with Crippen LogP contribution in [0.5, 0.6) is 11.5 Å². The first kappa shape index (κ1) is 21.5. The molecule has 1 fully saturated rings. The second kappa shape index (κ2) is 9.64. The Kier molecular flexibility index (Phi) is 6.49. The lowest BCUT2D eigenvalue weighted by molar-refractivity contribution is -0.131. The summed E-state index contributed by atoms with van der Waals surface area (Å²) >= 11 is 0. The number of benzene rings is 1. The number of rotatable bonds is 6. The smallest absolute Gasteiger partial charge is 0.251 e. The number of ether oxygens (including phenoxy) is 2. The van der Waals surface area contributed by atoms with Crippen molar-refractivity contribution < 1.29 is 14.3 Å². The lowest BCUT2D eigenvalue weighted by Crippen LogP contribution is -2.39. The van der Waals surface area contributed by atoms with Crippen LogP contribution in [0.3, 0.4) is 0 Å². The van der Waals surface area contributed by atoms with E-state index in [1.807, 2.05) is 41.3 Å². The van der Waals surface area contributed by atoms with Crippen LogP contribution < -0.4 is 15.0 Å². The van der Waals surface area contributed by atoms with E-state index in [0.29, 0.717) is 48.2 Å². The van der Waals surface area contributed by atoms with Crippen molar-refractivity contribution in [3.05, 3.63) is 70.4 Å². The molecule has 3 heterocycles. The molecule has 0 aliphatic carbocycles. The molecule has 1 aromatic carbocycles. The van der Waals surface area contributed by atoms with Crippen LogP contribution in [-0.4, -0.2) is 53.1 Å². The number of amides is 1. The quantitative estimate of drug-likeness (QED) is 0.641. The Bertz CT molecular complexity index is 1140. The van der Waals surface area contributed by atoms with Gasteiger partial charge in [0.05, 0.1) is 32.0 Å². The first-order valence-electron chi connectivity index (χ1n) is 10.6. The van der Waals surface area contributed by atoms with Gasteiger partial charge in [-0.15, -0.1) is 0 Å². The molecule has 4 rings (SSSR count). The molecule has 0 saturated carbocycles. The zero-order chi connectivity index (χ0) is 22.5. The van der Waals surface area contributed by atoms with Gasteiger partial charge in [-0.05, 0) is 42.7 Å². The summed E-state index contributed by atoms with van der Waals surface area (Å²) in [6.45, 7) is 1.24. The van der Waals surface area contributed by atoms with Gasteiger partial charge in [-0.1, -0.05) is 12.1 Å². The Labute approximate surface area is 186 Å². The van der Waals surface area contributed by atoms with Crippen LogP contribution in [0, 0.1) is 0 Å². The van der Waals surface area contributed by atoms with Gasteiger partial charge in [0, 0.05) is 31.3 Å². The minimum atomic E-state index is -0.192. The highest BCUT2D eigenvalue weighted by atomic mass is 16.5. The fourth-order valence-electron chi connectivity index (χ4n) is 3.99. The summed E-state index contributed by atoms with van der Waals surface area (Å²) in [7, 11) is 3.16. The molecule has 3 aromatic rings. The van der Waals surface area contributed by atoms with E-state index in [4.69, 9.17) is 9.47 Å². The van der Waals surface area contributed by atoms with E-state index >= 15 is 0 Å². The molecule has 0 atom stereocenters. The molecule has 8 nitrogen and oxygen atoms in total. The van der Waals surface area contributed by atoms with Crippen molar-refractivity contribution >= 4 is 5.91 Å². The van der Waals surface area contributed by atoms with Crippen molar-refractivity contribution in [1.82, 2.24) is 19.9 Å². The maximum Gasteiger partial charge on any atom is 0.251 e. The third-order valence-corrected chi connectivity index (χ3v) is 5.72. The van der Waals surface area contributed by atoms with Gasteiger partial charge in [0.15, 0.2) is 11.5 Å². The van der Waals surface area contributed by atoms with Gasteiger partial charge >= 0.3 is 0 Å². The predicted octanol–water partition coefficient (Wildman–Crippen LogP) is 2.80. The van der Waals surface area contributed by atoms with Crippen LogP contribution in [0.15, 0.2) is 53.5 Å². The molecule has 2 aromatic heterocycles. The van der Waals surface area contributed by atoms with Gasteiger partial charge in [0.25, 0.3) is 5.56 Å². The molecule has 32 heavy (non-hydrogen) atoms. The molecule has 8 heteroatoms. The molecule has 1 aliphatic rings. The molecular formula is C24H26N4O4. The number of pyridine rings is 1. The standard InChI is InChI=1S/C24H26N4O4/c1-31-20-7-6-16(13-21(20)32-2)14-23(30)28-11-8-17(9-12-28)24-26-19(15-22(29)27-24)18-5-3-4-10-25-18/h3-7,10,13,15,17H,8-9,11-12,14H2,1-2H3,(H,26,27,29). The fraction of sp³-hybridized carbons (Fsp3) is 0.333. The zero-order valence-corrected chi connectivity index (χ0v) is 18.2. The number of nitrogens with one attached hydrogen (secondary N) is 1. The third-order valence-electron chi connectivity index (χ3n) is 5.72. The van der Waals surface area contributed by atoms with Gasteiger partial charge in [0.2, 0.25) is 5.91 Å². The van der Waals surface area contributed by atoms with Crippen LogP contribution in [0.4, 0.5) is 0 Å². The number of hydrogen-bond acceptors (Lipinski definition) is 6. The summed E-state index contributed by atoms with van der Waals surface area (Å²) in [4.78, 5) is 38.7. The third kappa shape index (κ3) is 4.80. The lowest BCUT2D eigenvalue weighted by atomic mass is 9.95. The molecule has 0 bridgehead atoms. The highest BCUT2D eigenvalue weighted by Gasteiger charge is 2.26. The molecule has 1 aliphatic heterocycles. The topological polar surface area (TPSA) is 97.4 Å². The predicted molar refractivity (Wildman–Crippen MR) is 120 cm³/mol. The van der Waals surface area contributed by atoms with Crippen molar-refractivity contribution in [3.8, 4) is 22.9 Å². The molecular weight excluding hydrogens is 408 g/mol. The van der Waals surface area contributed by atoms with Crippen molar-refractivity contribution in [3.63, 3.8) is 0 Å². The molecule has 0 unspecified atom stereocenters. The fourth-order valence-corrected chi connectivity index (χ4v) is 3.99. The van der Waals surface area contributed by atoms with Crippen LogP contribution in [0.25, 0.3) is 11.4 Å². The van der Waals surface area contributed by atoms with Crippen molar-refractivity contribution in [1.29, 1.82) is 0 Å². The Balaban J connectivity index is 1.41. The summed E-state index contributed by atoms with van der Waals surface area (Å²) in [6, 6.07) is 12.5. The highest BCUT2D eigenvalue weighted by molar-refractivity contribution is 5.79. The lowest BCUT2D eigenvalue weighted by Gasteiger charge is -2.31. The first-order valence-corrected chi connectivity index (χ1v) is 10.6. The van der Waals surface area contributed by atoms with E-state index in [2.05, 4.69) is 15.0 Å². The number of carbonyl (C=O) groups excluding carboxylic acids is 1. The van der Waals surface area contributed by atoms with Gasteiger partial charge in [0.1, 0.15) is 5.82 Å². The monoisotopic (exact) mass is 434 g/mol. The molecule has 1 saturated heterocycles. The van der Waals surface area contributed by atoms with E-state index in [1.54, 1.807) is 20.4 Å². The maximum absolute atomic E-state index is 12.8. The number of methoxy groups -OCH3 is 2. The van der Waals surface area contributed by atoms with E-state index in [9.17, 15) is 9.59 Å². The number of piperidine rings is 1. The van der Waals surface area contributed by atoms with Crippen LogP contribution in [0.1, 0.15) is 30.1 Å². The van der Waals surface area contributed by atoms with E-state index in [1.165, 1.54) is 6.07 Å². The number of carbonyl (C=O) groups is 1. The van der Waals surface area contributed by atoms with Crippen molar-refractivity contribution in [2.75, 3.05) is 27.3 Å². The summed E-state index contributed by atoms with van der Waals surface area (Å²) in [5, 5.41) is 0. The summed E-state index contributed by atoms with van der Waals surface area (Å²) in [5.74, 6) is 2.07. The Morgan fingerprint density at radius 1 is 1.06 bits per heavy atom. The van der Waals surface area contributed by atoms with Gasteiger partial charge in [-0.3, -0.25) is 14.6 Å². The largest absolute Gasteiger partial charge is 0.493 e. The van der Waals surface area contributed by atoms with Crippen molar-refractivity contribution in [2.45, 2.75) is 25.2 Å². The van der Waals surface area contributed by atoms with Crippen LogP contribution in [-0.2, 0) is 11.2 Å². The molecule has 0 radical (unpaired) electrons. The van der Waals surface area contributed by atoms with E-state index in [0.717, 1.165) is 18.4 Å². The number of aromatic amines is 1. The molecule has 0 spiro atoms. The van der Waals surface area contributed by atoms with Crippen molar-refractivity contribution in [2.24, 2.45) is 0 Å². The minimum absolute atomic E-state index is 0.0689.